The number of fused-ring (bicyclic) bond motifs is 1. The number of rotatable bonds is 3. The van der Waals surface area contributed by atoms with Gasteiger partial charge in [-0.1, -0.05) is 18.2 Å². The van der Waals surface area contributed by atoms with Gasteiger partial charge in [-0.15, -0.1) is 11.3 Å². The molecule has 0 aliphatic carbocycles. The molecule has 0 amide bonds. The second-order valence-corrected chi connectivity index (χ2v) is 5.73. The minimum atomic E-state index is -0.402. The Morgan fingerprint density at radius 3 is 2.82 bits per heavy atom. The highest BCUT2D eigenvalue weighted by Gasteiger charge is 2.13. The first-order valence-corrected chi connectivity index (χ1v) is 7.32. The molecule has 3 heteroatoms. The van der Waals surface area contributed by atoms with E-state index in [1.165, 1.54) is 15.6 Å². The minimum absolute atomic E-state index is 0.402. The fraction of sp³-hybridized carbons (Fsp3) is 0.143. The number of aliphatic hydroxyl groups is 1. The first kappa shape index (κ1) is 11.0. The van der Waals surface area contributed by atoms with E-state index in [0.29, 0.717) is 6.42 Å². The van der Waals surface area contributed by atoms with Crippen molar-refractivity contribution in [2.75, 3.05) is 0 Å². The number of aliphatic hydroxyl groups excluding tert-OH is 1. The van der Waals surface area contributed by atoms with Crippen molar-refractivity contribution < 1.29 is 5.11 Å². The second-order valence-electron chi connectivity index (χ2n) is 4.04. The zero-order valence-electron chi connectivity index (χ0n) is 9.17. The zero-order valence-corrected chi connectivity index (χ0v) is 10.8. The van der Waals surface area contributed by atoms with Gasteiger partial charge in [0.1, 0.15) is 0 Å². The number of thiophene rings is 2. The molecule has 0 saturated carbocycles. The highest BCUT2D eigenvalue weighted by atomic mass is 32.1. The van der Waals surface area contributed by atoms with E-state index in [2.05, 4.69) is 29.0 Å². The van der Waals surface area contributed by atoms with Gasteiger partial charge in [0.25, 0.3) is 0 Å². The number of hydrogen-bond donors (Lipinski definition) is 1. The predicted octanol–water partition coefficient (Wildman–Crippen LogP) is 4.24. The molecule has 2 heterocycles. The van der Waals surface area contributed by atoms with E-state index >= 15 is 0 Å². The van der Waals surface area contributed by atoms with Crippen LogP contribution >= 0.6 is 22.7 Å². The van der Waals surface area contributed by atoms with E-state index in [0.717, 1.165) is 5.56 Å². The van der Waals surface area contributed by atoms with Crippen molar-refractivity contribution >= 4 is 32.8 Å². The molecule has 0 fully saturated rings. The van der Waals surface area contributed by atoms with Crippen molar-refractivity contribution in [1.29, 1.82) is 0 Å². The van der Waals surface area contributed by atoms with Crippen molar-refractivity contribution in [3.05, 3.63) is 57.6 Å². The van der Waals surface area contributed by atoms with Crippen LogP contribution in [0.4, 0.5) is 0 Å². The van der Waals surface area contributed by atoms with Crippen molar-refractivity contribution in [2.45, 2.75) is 12.5 Å². The van der Waals surface area contributed by atoms with Crippen LogP contribution in [-0.2, 0) is 6.42 Å². The van der Waals surface area contributed by atoms with Crippen LogP contribution in [0.2, 0.25) is 0 Å². The molecule has 0 aliphatic heterocycles. The number of benzene rings is 1. The van der Waals surface area contributed by atoms with Crippen LogP contribution in [0.5, 0.6) is 0 Å². The molecule has 1 N–H and O–H groups in total. The van der Waals surface area contributed by atoms with Gasteiger partial charge in [-0.05, 0) is 44.8 Å². The fourth-order valence-corrected chi connectivity index (χ4v) is 3.69. The Labute approximate surface area is 108 Å². The topological polar surface area (TPSA) is 20.2 Å². The molecular weight excluding hydrogens is 248 g/mol. The van der Waals surface area contributed by atoms with Crippen LogP contribution in [0.3, 0.4) is 0 Å². The summed E-state index contributed by atoms with van der Waals surface area (Å²) in [5.74, 6) is 0. The lowest BCUT2D eigenvalue weighted by Crippen LogP contribution is -1.99. The molecular formula is C14H12OS2. The van der Waals surface area contributed by atoms with E-state index in [4.69, 9.17) is 0 Å². The Balaban J connectivity index is 1.93. The lowest BCUT2D eigenvalue weighted by Gasteiger charge is -2.08. The molecule has 1 unspecified atom stereocenters. The molecule has 3 aromatic rings. The smallest absolute Gasteiger partial charge is 0.0844 e. The maximum atomic E-state index is 10.3. The molecule has 3 rings (SSSR count). The van der Waals surface area contributed by atoms with E-state index in [-0.39, 0.29) is 0 Å². The summed E-state index contributed by atoms with van der Waals surface area (Å²) in [5, 5.41) is 17.7. The molecule has 86 valence electrons. The van der Waals surface area contributed by atoms with Crippen molar-refractivity contribution in [1.82, 2.24) is 0 Å². The average Bonchev–Trinajstić information content (AvgIpc) is 2.96. The van der Waals surface area contributed by atoms with E-state index in [9.17, 15) is 5.11 Å². The summed E-state index contributed by atoms with van der Waals surface area (Å²) in [6.45, 7) is 0. The standard InChI is InChI=1S/C14H12OS2/c15-13(7-10-5-6-16-8-10)12-9-17-14-4-2-1-3-11(12)14/h1-6,8-9,13,15H,7H2. The van der Waals surface area contributed by atoms with Crippen LogP contribution in [0.1, 0.15) is 17.2 Å². The summed E-state index contributed by atoms with van der Waals surface area (Å²) in [7, 11) is 0. The third kappa shape index (κ3) is 2.14. The van der Waals surface area contributed by atoms with Gasteiger partial charge in [-0.3, -0.25) is 0 Å². The monoisotopic (exact) mass is 260 g/mol. The molecule has 0 spiro atoms. The SMILES string of the molecule is OC(Cc1ccsc1)c1csc2ccccc12. The normalized spacial score (nSPS) is 13.0. The van der Waals surface area contributed by atoms with Gasteiger partial charge in [-0.2, -0.15) is 11.3 Å². The fourth-order valence-electron chi connectivity index (χ4n) is 2.00. The Kier molecular flexibility index (Phi) is 2.97. The van der Waals surface area contributed by atoms with Gasteiger partial charge in [0.05, 0.1) is 6.10 Å². The van der Waals surface area contributed by atoms with Crippen LogP contribution in [-0.4, -0.2) is 5.11 Å². The van der Waals surface area contributed by atoms with Gasteiger partial charge in [-0.25, -0.2) is 0 Å². The summed E-state index contributed by atoms with van der Waals surface area (Å²) >= 11 is 3.37. The van der Waals surface area contributed by atoms with Gasteiger partial charge in [0, 0.05) is 11.1 Å². The average molecular weight is 260 g/mol. The first-order valence-electron chi connectivity index (χ1n) is 5.50. The molecule has 0 bridgehead atoms. The van der Waals surface area contributed by atoms with Crippen molar-refractivity contribution in [2.24, 2.45) is 0 Å². The lowest BCUT2D eigenvalue weighted by molar-refractivity contribution is 0.180. The first-order chi connectivity index (χ1) is 8.34. The minimum Gasteiger partial charge on any atom is -0.388 e. The summed E-state index contributed by atoms with van der Waals surface area (Å²) in [5.41, 5.74) is 2.26. The Morgan fingerprint density at radius 1 is 1.12 bits per heavy atom. The third-order valence-electron chi connectivity index (χ3n) is 2.88. The van der Waals surface area contributed by atoms with E-state index < -0.39 is 6.10 Å². The quantitative estimate of drug-likeness (QED) is 0.747. The van der Waals surface area contributed by atoms with Gasteiger partial charge in [0.2, 0.25) is 0 Å². The lowest BCUT2D eigenvalue weighted by atomic mass is 10.0. The van der Waals surface area contributed by atoms with Gasteiger partial charge in [0.15, 0.2) is 0 Å². The molecule has 0 saturated heterocycles. The Hall–Kier alpha value is -1.16. The molecule has 1 nitrogen and oxygen atoms in total. The molecule has 17 heavy (non-hydrogen) atoms. The van der Waals surface area contributed by atoms with Gasteiger partial charge >= 0.3 is 0 Å². The van der Waals surface area contributed by atoms with Crippen LogP contribution in [0, 0.1) is 0 Å². The summed E-state index contributed by atoms with van der Waals surface area (Å²) < 4.78 is 1.24. The largest absolute Gasteiger partial charge is 0.388 e. The zero-order chi connectivity index (χ0) is 11.7. The predicted molar refractivity (Wildman–Crippen MR) is 74.8 cm³/mol. The molecule has 2 aromatic heterocycles. The summed E-state index contributed by atoms with van der Waals surface area (Å²) in [6, 6.07) is 10.3. The van der Waals surface area contributed by atoms with Crippen LogP contribution in [0.15, 0.2) is 46.5 Å². The van der Waals surface area contributed by atoms with Crippen LogP contribution in [0.25, 0.3) is 10.1 Å². The van der Waals surface area contributed by atoms with Gasteiger partial charge < -0.3 is 5.11 Å². The molecule has 0 radical (unpaired) electrons. The van der Waals surface area contributed by atoms with E-state index in [1.807, 2.05) is 17.5 Å². The Morgan fingerprint density at radius 2 is 2.00 bits per heavy atom. The second kappa shape index (κ2) is 4.61. The third-order valence-corrected chi connectivity index (χ3v) is 4.59. The summed E-state index contributed by atoms with van der Waals surface area (Å²) in [4.78, 5) is 0. The van der Waals surface area contributed by atoms with Crippen molar-refractivity contribution in [3.63, 3.8) is 0 Å². The highest BCUT2D eigenvalue weighted by Crippen LogP contribution is 2.31. The molecule has 0 aliphatic rings. The maximum absolute atomic E-state index is 10.3. The highest BCUT2D eigenvalue weighted by molar-refractivity contribution is 7.17. The van der Waals surface area contributed by atoms with Crippen molar-refractivity contribution in [3.8, 4) is 0 Å². The Bertz CT molecular complexity index is 610. The van der Waals surface area contributed by atoms with Crippen LogP contribution < -0.4 is 0 Å². The van der Waals surface area contributed by atoms with E-state index in [1.54, 1.807) is 22.7 Å². The molecule has 1 aromatic carbocycles. The maximum Gasteiger partial charge on any atom is 0.0844 e. The summed E-state index contributed by atoms with van der Waals surface area (Å²) in [6.07, 6.45) is 0.297. The molecule has 1 atom stereocenters. The number of hydrogen-bond acceptors (Lipinski definition) is 3.